The van der Waals surface area contributed by atoms with Crippen LogP contribution in [0.1, 0.15) is 60.5 Å². The van der Waals surface area contributed by atoms with Crippen molar-refractivity contribution >= 4 is 56.8 Å². The first-order valence-corrected chi connectivity index (χ1v) is 19.5. The van der Waals surface area contributed by atoms with E-state index >= 15 is 0 Å². The highest BCUT2D eigenvalue weighted by molar-refractivity contribution is 6.02. The fourth-order valence-corrected chi connectivity index (χ4v) is 8.07. The fraction of sp³-hybridized carbons (Fsp3) is 0.273. The second-order valence-electron chi connectivity index (χ2n) is 14.8. The Kier molecular flexibility index (Phi) is 10.6. The molecule has 2 fully saturated rings. The first kappa shape index (κ1) is 39.5. The number of hydrogen-bond donors (Lipinski definition) is 4. The Morgan fingerprint density at radius 1 is 0.683 bits per heavy atom. The molecule has 306 valence electrons. The Morgan fingerprint density at radius 2 is 1.30 bits per heavy atom. The van der Waals surface area contributed by atoms with Gasteiger partial charge in [0.25, 0.3) is 11.1 Å². The maximum absolute atomic E-state index is 14.6. The Bertz CT molecular complexity index is 2870. The van der Waals surface area contributed by atoms with Crippen molar-refractivity contribution in [3.63, 3.8) is 0 Å². The van der Waals surface area contributed by atoms with Gasteiger partial charge in [0.2, 0.25) is 23.6 Å². The van der Waals surface area contributed by atoms with E-state index in [-0.39, 0.29) is 49.4 Å². The molecule has 0 bridgehead atoms. The van der Waals surface area contributed by atoms with E-state index in [9.17, 15) is 28.8 Å². The molecule has 4 aromatic carbocycles. The molecule has 16 heteroatoms. The number of methoxy groups -OCH3 is 2. The van der Waals surface area contributed by atoms with Gasteiger partial charge in [0.15, 0.2) is 0 Å². The van der Waals surface area contributed by atoms with Gasteiger partial charge in [-0.05, 0) is 74.2 Å². The van der Waals surface area contributed by atoms with Crippen LogP contribution in [0.15, 0.2) is 82.4 Å². The first-order valence-electron chi connectivity index (χ1n) is 19.5. The van der Waals surface area contributed by atoms with Crippen LogP contribution in [0.3, 0.4) is 0 Å². The van der Waals surface area contributed by atoms with E-state index < -0.39 is 35.0 Å². The number of piperidine rings is 2. The number of hydrogen-bond acceptors (Lipinski definition) is 12. The molecule has 0 saturated carbocycles. The Hall–Kier alpha value is -7.36. The minimum absolute atomic E-state index is 0.0986. The number of benzene rings is 4. The lowest BCUT2D eigenvalue weighted by Crippen LogP contribution is -2.45. The number of aromatic nitrogens is 4. The first-order chi connectivity index (χ1) is 28.9. The molecule has 16 nitrogen and oxygen atoms in total. The highest BCUT2D eigenvalue weighted by atomic mass is 16.5. The normalized spacial score (nSPS) is 16.7. The van der Waals surface area contributed by atoms with Crippen LogP contribution in [0.25, 0.3) is 32.9 Å². The molecule has 0 radical (unpaired) electrons. The number of ether oxygens (including phenoxy) is 2. The van der Waals surface area contributed by atoms with Crippen molar-refractivity contribution < 1.29 is 28.7 Å². The Balaban J connectivity index is 1.15. The largest absolute Gasteiger partial charge is 0.497 e. The van der Waals surface area contributed by atoms with Crippen LogP contribution >= 0.6 is 0 Å². The van der Waals surface area contributed by atoms with Crippen molar-refractivity contribution in [1.29, 1.82) is 0 Å². The second-order valence-corrected chi connectivity index (χ2v) is 14.8. The van der Waals surface area contributed by atoms with Crippen LogP contribution in [0, 0.1) is 13.8 Å². The minimum atomic E-state index is -0.904. The van der Waals surface area contributed by atoms with Gasteiger partial charge in [0, 0.05) is 48.4 Å². The predicted octanol–water partition coefficient (Wildman–Crippen LogP) is 4.59. The van der Waals surface area contributed by atoms with E-state index in [0.29, 0.717) is 62.9 Å². The van der Waals surface area contributed by atoms with E-state index in [0.717, 1.165) is 16.9 Å². The number of imide groups is 2. The van der Waals surface area contributed by atoms with Crippen LogP contribution in [-0.4, -0.2) is 57.0 Å². The van der Waals surface area contributed by atoms with Crippen LogP contribution in [0.5, 0.6) is 11.5 Å². The third kappa shape index (κ3) is 7.31. The number of carbonyl (C=O) groups is 4. The van der Waals surface area contributed by atoms with Crippen molar-refractivity contribution in [2.45, 2.75) is 64.7 Å². The molecule has 6 aromatic rings. The average Bonchev–Trinajstić information content (AvgIpc) is 3.23. The third-order valence-electron chi connectivity index (χ3n) is 11.1. The summed E-state index contributed by atoms with van der Waals surface area (Å²) in [6.45, 7) is 3.97. The van der Waals surface area contributed by atoms with E-state index in [4.69, 9.17) is 14.5 Å². The molecule has 4 heterocycles. The van der Waals surface area contributed by atoms with Gasteiger partial charge in [-0.25, -0.2) is 9.97 Å². The Morgan fingerprint density at radius 3 is 1.93 bits per heavy atom. The summed E-state index contributed by atoms with van der Waals surface area (Å²) in [5.74, 6) is 0.0821. The van der Waals surface area contributed by atoms with Gasteiger partial charge < -0.3 is 20.1 Å². The summed E-state index contributed by atoms with van der Waals surface area (Å²) in [7, 11) is 3.15. The number of carbonyl (C=O) groups excluding carboxylic acids is 4. The zero-order valence-electron chi connectivity index (χ0n) is 33.4. The van der Waals surface area contributed by atoms with Crippen molar-refractivity contribution in [1.82, 2.24) is 29.7 Å². The molecule has 60 heavy (non-hydrogen) atoms. The molecule has 0 spiro atoms. The van der Waals surface area contributed by atoms with E-state index in [1.165, 1.54) is 9.13 Å². The quantitative estimate of drug-likeness (QED) is 0.133. The van der Waals surface area contributed by atoms with Gasteiger partial charge in [-0.1, -0.05) is 36.4 Å². The average molecular weight is 811 g/mol. The van der Waals surface area contributed by atoms with E-state index in [1.807, 2.05) is 54.6 Å². The summed E-state index contributed by atoms with van der Waals surface area (Å²) in [4.78, 5) is 87.7. The SMILES string of the molecule is COc1ccc(CNc2ccc(-c3ccc(CNc4cccc5nc(C)n(C6CCC(=O)NC6=O)c(=O)c45)c(OC)c3)c3nc(C)n(C4CCC(=O)NC4=O)c(=O)c23)cc1. The molecular weight excluding hydrogens is 769 g/mol. The molecule has 2 aliphatic heterocycles. The lowest BCUT2D eigenvalue weighted by molar-refractivity contribution is -0.137. The van der Waals surface area contributed by atoms with Crippen molar-refractivity contribution in [3.05, 3.63) is 116 Å². The van der Waals surface area contributed by atoms with Gasteiger partial charge in [-0.3, -0.25) is 48.5 Å². The lowest BCUT2D eigenvalue weighted by atomic mass is 9.98. The zero-order valence-corrected chi connectivity index (χ0v) is 33.4. The third-order valence-corrected chi connectivity index (χ3v) is 11.1. The minimum Gasteiger partial charge on any atom is -0.497 e. The highest BCUT2D eigenvalue weighted by Gasteiger charge is 2.32. The second kappa shape index (κ2) is 16.1. The maximum atomic E-state index is 14.6. The van der Waals surface area contributed by atoms with E-state index in [2.05, 4.69) is 26.3 Å². The zero-order chi connectivity index (χ0) is 42.2. The molecule has 2 aliphatic rings. The maximum Gasteiger partial charge on any atom is 0.264 e. The summed E-state index contributed by atoms with van der Waals surface area (Å²) in [5.41, 5.74) is 4.15. The van der Waals surface area contributed by atoms with Crippen molar-refractivity contribution in [2.75, 3.05) is 24.9 Å². The van der Waals surface area contributed by atoms with Gasteiger partial charge in [0.05, 0.1) is 36.0 Å². The lowest BCUT2D eigenvalue weighted by Gasteiger charge is -2.25. The predicted molar refractivity (Wildman–Crippen MR) is 224 cm³/mol. The fourth-order valence-electron chi connectivity index (χ4n) is 8.07. The van der Waals surface area contributed by atoms with Crippen LogP contribution in [0.4, 0.5) is 11.4 Å². The number of nitrogens with zero attached hydrogens (tertiary/aromatic N) is 4. The van der Waals surface area contributed by atoms with Gasteiger partial charge in [-0.15, -0.1) is 0 Å². The number of rotatable bonds is 11. The summed E-state index contributed by atoms with van der Waals surface area (Å²) in [6.07, 6.45) is 0.584. The summed E-state index contributed by atoms with van der Waals surface area (Å²) in [6, 6.07) is 20.4. The molecule has 2 unspecified atom stereocenters. The molecule has 2 aromatic heterocycles. The van der Waals surface area contributed by atoms with Crippen LogP contribution in [0.2, 0.25) is 0 Å². The van der Waals surface area contributed by atoms with Crippen LogP contribution < -0.4 is 41.9 Å². The van der Waals surface area contributed by atoms with Gasteiger partial charge in [0.1, 0.15) is 35.2 Å². The standard InChI is InChI=1S/C44H42N8O8/c1-23-47-32-7-5-6-30(38(32)43(57)51(23)33-16-18-36(53)49-41(33)55)46-22-27-11-10-26(20-35(27)60-4)29-14-15-31(45-21-25-8-12-28(59-3)13-9-25)39-40(29)48-24(2)52(44(39)58)34-17-19-37(54)50-42(34)56/h5-15,20,33-34,45-46H,16-19,21-22H2,1-4H3,(H,49,53,55)(H,50,54,56). The smallest absolute Gasteiger partial charge is 0.264 e. The number of aryl methyl sites for hydroxylation is 2. The van der Waals surface area contributed by atoms with E-state index in [1.54, 1.807) is 46.3 Å². The topological polar surface area (TPSA) is 205 Å². The molecule has 0 aliphatic carbocycles. The Labute approximate surface area is 342 Å². The molecule has 4 N–H and O–H groups in total. The van der Waals surface area contributed by atoms with Gasteiger partial charge >= 0.3 is 0 Å². The summed E-state index contributed by atoms with van der Waals surface area (Å²) in [5, 5.41) is 12.0. The number of nitrogens with one attached hydrogen (secondary N) is 4. The molecule has 2 saturated heterocycles. The van der Waals surface area contributed by atoms with Crippen molar-refractivity contribution in [3.8, 4) is 22.6 Å². The molecular formula is C44H42N8O8. The molecule has 8 rings (SSSR count). The number of amides is 4. The summed E-state index contributed by atoms with van der Waals surface area (Å²) < 4.78 is 13.9. The molecule has 2 atom stereocenters. The van der Waals surface area contributed by atoms with Crippen LogP contribution in [-0.2, 0) is 32.3 Å². The molecule has 4 amide bonds. The van der Waals surface area contributed by atoms with Crippen molar-refractivity contribution in [2.24, 2.45) is 0 Å². The van der Waals surface area contributed by atoms with Gasteiger partial charge in [-0.2, -0.15) is 0 Å². The summed E-state index contributed by atoms with van der Waals surface area (Å²) >= 11 is 0. The number of anilines is 2. The highest BCUT2D eigenvalue weighted by Crippen LogP contribution is 2.35. The number of fused-ring (bicyclic) bond motifs is 2. The monoisotopic (exact) mass is 810 g/mol.